The van der Waals surface area contributed by atoms with Gasteiger partial charge in [-0.15, -0.1) is 0 Å². The van der Waals surface area contributed by atoms with E-state index in [9.17, 15) is 5.11 Å². The number of aryl methyl sites for hydroxylation is 2. The minimum absolute atomic E-state index is 0.119. The van der Waals surface area contributed by atoms with Crippen molar-refractivity contribution >= 4 is 0 Å². The number of hydrogen-bond donors (Lipinski definition) is 1. The molecular weight excluding hydrogens is 232 g/mol. The average molecular weight is 260 g/mol. The number of benzene rings is 1. The van der Waals surface area contributed by atoms with Gasteiger partial charge in [0.15, 0.2) is 0 Å². The average Bonchev–Trinajstić information content (AvgIpc) is 2.77. The molecule has 1 aliphatic rings. The maximum absolute atomic E-state index is 11.0. The maximum Gasteiger partial charge on any atom is 0.0848 e. The Hall–Kier alpha value is -0.820. The Morgan fingerprint density at radius 1 is 1.16 bits per heavy atom. The summed E-state index contributed by atoms with van der Waals surface area (Å²) in [6.07, 6.45) is 5.75. The number of hydrogen-bond acceptors (Lipinski definition) is 1. The lowest BCUT2D eigenvalue weighted by Gasteiger charge is -2.37. The van der Waals surface area contributed by atoms with Crippen LogP contribution in [0.2, 0.25) is 0 Å². The third kappa shape index (κ3) is 3.02. The van der Waals surface area contributed by atoms with Gasteiger partial charge in [0.05, 0.1) is 6.10 Å². The van der Waals surface area contributed by atoms with Gasteiger partial charge in [0.1, 0.15) is 0 Å². The topological polar surface area (TPSA) is 20.2 Å². The van der Waals surface area contributed by atoms with E-state index in [0.29, 0.717) is 5.92 Å². The molecule has 1 atom stereocenters. The predicted molar refractivity (Wildman–Crippen MR) is 81.2 cm³/mol. The summed E-state index contributed by atoms with van der Waals surface area (Å²) in [5, 5.41) is 11.0. The van der Waals surface area contributed by atoms with Gasteiger partial charge in [-0.25, -0.2) is 0 Å². The predicted octanol–water partition coefficient (Wildman–Crippen LogP) is 4.94. The van der Waals surface area contributed by atoms with Gasteiger partial charge in [-0.1, -0.05) is 50.5 Å². The van der Waals surface area contributed by atoms with Crippen LogP contribution in [0.4, 0.5) is 0 Å². The van der Waals surface area contributed by atoms with Crippen LogP contribution in [0.25, 0.3) is 0 Å². The molecule has 1 unspecified atom stereocenters. The van der Waals surface area contributed by atoms with Crippen molar-refractivity contribution in [2.75, 3.05) is 0 Å². The SMILES string of the molecule is Cc1ccc(C(O)C2(CC(C)C)CCCC2)c(C)c1. The highest BCUT2D eigenvalue weighted by Crippen LogP contribution is 2.52. The van der Waals surface area contributed by atoms with E-state index in [1.165, 1.54) is 36.8 Å². The van der Waals surface area contributed by atoms with Gasteiger partial charge < -0.3 is 5.11 Å². The van der Waals surface area contributed by atoms with Gasteiger partial charge in [-0.2, -0.15) is 0 Å². The molecule has 1 N–H and O–H groups in total. The molecule has 0 amide bonds. The summed E-state index contributed by atoms with van der Waals surface area (Å²) in [6.45, 7) is 8.79. The van der Waals surface area contributed by atoms with Gasteiger partial charge in [-0.3, -0.25) is 0 Å². The molecule has 0 aliphatic heterocycles. The summed E-state index contributed by atoms with van der Waals surface area (Å²) >= 11 is 0. The molecule has 1 fully saturated rings. The first-order valence-corrected chi connectivity index (χ1v) is 7.70. The van der Waals surface area contributed by atoms with Gasteiger partial charge >= 0.3 is 0 Å². The molecule has 19 heavy (non-hydrogen) atoms. The number of aliphatic hydroxyl groups excluding tert-OH is 1. The Bertz CT molecular complexity index is 427. The van der Waals surface area contributed by atoms with Crippen molar-refractivity contribution in [1.82, 2.24) is 0 Å². The number of aliphatic hydroxyl groups is 1. The lowest BCUT2D eigenvalue weighted by molar-refractivity contribution is 0.0107. The molecule has 1 heteroatoms. The summed E-state index contributed by atoms with van der Waals surface area (Å²) in [5.74, 6) is 0.651. The Balaban J connectivity index is 2.31. The smallest absolute Gasteiger partial charge is 0.0848 e. The van der Waals surface area contributed by atoms with Gasteiger partial charge in [0.2, 0.25) is 0 Å². The van der Waals surface area contributed by atoms with E-state index < -0.39 is 0 Å². The molecule has 1 nitrogen and oxygen atoms in total. The van der Waals surface area contributed by atoms with Crippen molar-refractivity contribution in [3.8, 4) is 0 Å². The van der Waals surface area contributed by atoms with Crippen molar-refractivity contribution in [2.45, 2.75) is 65.9 Å². The van der Waals surface area contributed by atoms with Crippen molar-refractivity contribution in [3.63, 3.8) is 0 Å². The third-order valence-corrected chi connectivity index (χ3v) is 4.71. The lowest BCUT2D eigenvalue weighted by atomic mass is 9.71. The highest BCUT2D eigenvalue weighted by Gasteiger charge is 2.41. The largest absolute Gasteiger partial charge is 0.388 e. The normalized spacial score (nSPS) is 19.9. The van der Waals surface area contributed by atoms with Crippen molar-refractivity contribution < 1.29 is 5.11 Å². The third-order valence-electron chi connectivity index (χ3n) is 4.71. The zero-order valence-corrected chi connectivity index (χ0v) is 12.9. The molecule has 0 spiro atoms. The Kier molecular flexibility index (Phi) is 4.35. The van der Waals surface area contributed by atoms with Crippen molar-refractivity contribution in [1.29, 1.82) is 0 Å². The van der Waals surface area contributed by atoms with E-state index in [1.54, 1.807) is 0 Å². The van der Waals surface area contributed by atoms with Gasteiger partial charge in [0, 0.05) is 5.41 Å². The monoisotopic (exact) mass is 260 g/mol. The summed E-state index contributed by atoms with van der Waals surface area (Å²) in [6, 6.07) is 6.45. The van der Waals surface area contributed by atoms with Gasteiger partial charge in [0.25, 0.3) is 0 Å². The van der Waals surface area contributed by atoms with E-state index in [-0.39, 0.29) is 11.5 Å². The fraction of sp³-hybridized carbons (Fsp3) is 0.667. The lowest BCUT2D eigenvalue weighted by Crippen LogP contribution is -2.28. The molecule has 0 bridgehead atoms. The van der Waals surface area contributed by atoms with E-state index in [2.05, 4.69) is 45.9 Å². The zero-order chi connectivity index (χ0) is 14.0. The fourth-order valence-electron chi connectivity index (χ4n) is 3.94. The molecule has 2 rings (SSSR count). The summed E-state index contributed by atoms with van der Waals surface area (Å²) in [4.78, 5) is 0. The molecule has 1 aliphatic carbocycles. The highest BCUT2D eigenvalue weighted by atomic mass is 16.3. The first kappa shape index (κ1) is 14.6. The summed E-state index contributed by atoms with van der Waals surface area (Å²) < 4.78 is 0. The van der Waals surface area contributed by atoms with Crippen LogP contribution in [0, 0.1) is 25.2 Å². The second-order valence-corrected chi connectivity index (χ2v) is 6.93. The minimum Gasteiger partial charge on any atom is -0.388 e. The Morgan fingerprint density at radius 2 is 1.79 bits per heavy atom. The molecule has 106 valence electrons. The van der Waals surface area contributed by atoms with Crippen LogP contribution in [0.15, 0.2) is 18.2 Å². The summed E-state index contributed by atoms with van der Waals surface area (Å²) in [7, 11) is 0. The molecule has 1 saturated carbocycles. The first-order valence-electron chi connectivity index (χ1n) is 7.70. The number of rotatable bonds is 4. The van der Waals surface area contributed by atoms with E-state index in [1.807, 2.05) is 0 Å². The molecule has 0 radical (unpaired) electrons. The van der Waals surface area contributed by atoms with Crippen molar-refractivity contribution in [3.05, 3.63) is 34.9 Å². The van der Waals surface area contributed by atoms with Crippen LogP contribution < -0.4 is 0 Å². The molecular formula is C18H28O. The second-order valence-electron chi connectivity index (χ2n) is 6.93. The first-order chi connectivity index (χ1) is 8.94. The minimum atomic E-state index is -0.294. The van der Waals surface area contributed by atoms with E-state index in [4.69, 9.17) is 0 Å². The molecule has 0 heterocycles. The highest BCUT2D eigenvalue weighted by molar-refractivity contribution is 5.33. The molecule has 1 aromatic carbocycles. The fourth-order valence-corrected chi connectivity index (χ4v) is 3.94. The van der Waals surface area contributed by atoms with Gasteiger partial charge in [-0.05, 0) is 50.2 Å². The van der Waals surface area contributed by atoms with Crippen LogP contribution in [0.5, 0.6) is 0 Å². The summed E-state index contributed by atoms with van der Waals surface area (Å²) in [5.41, 5.74) is 3.78. The quantitative estimate of drug-likeness (QED) is 0.812. The Morgan fingerprint density at radius 3 is 2.32 bits per heavy atom. The molecule has 1 aromatic rings. The van der Waals surface area contributed by atoms with Crippen LogP contribution in [0.3, 0.4) is 0 Å². The van der Waals surface area contributed by atoms with Crippen LogP contribution in [-0.4, -0.2) is 5.11 Å². The Labute approximate surface area is 118 Å². The van der Waals surface area contributed by atoms with Crippen LogP contribution in [0.1, 0.15) is 68.7 Å². The van der Waals surface area contributed by atoms with Crippen LogP contribution >= 0.6 is 0 Å². The standard InChI is InChI=1S/C18H28O/c1-13(2)12-18(9-5-6-10-18)17(19)16-8-7-14(3)11-15(16)4/h7-8,11,13,17,19H,5-6,9-10,12H2,1-4H3. The molecule has 0 aromatic heterocycles. The van der Waals surface area contributed by atoms with Crippen LogP contribution in [-0.2, 0) is 0 Å². The maximum atomic E-state index is 11.0. The van der Waals surface area contributed by atoms with E-state index >= 15 is 0 Å². The molecule has 0 saturated heterocycles. The second kappa shape index (κ2) is 5.66. The van der Waals surface area contributed by atoms with Crippen molar-refractivity contribution in [2.24, 2.45) is 11.3 Å². The zero-order valence-electron chi connectivity index (χ0n) is 12.9. The van der Waals surface area contributed by atoms with E-state index in [0.717, 1.165) is 12.0 Å².